The fraction of sp³-hybridized carbons (Fsp3) is 0.400. The Bertz CT molecular complexity index is 817. The maximum Gasteiger partial charge on any atom is 0.337 e. The first-order chi connectivity index (χ1) is 13.6. The molecular weight excluding hydrogens is 362 g/mol. The lowest BCUT2D eigenvalue weighted by molar-refractivity contribution is 0.0600. The number of hydrogen-bond acceptors (Lipinski definition) is 7. The fourth-order valence-corrected chi connectivity index (χ4v) is 3.13. The Morgan fingerprint density at radius 2 is 1.61 bits per heavy atom. The topological polar surface area (TPSA) is 99.6 Å². The van der Waals surface area contributed by atoms with Gasteiger partial charge in [-0.3, -0.25) is 9.78 Å². The van der Waals surface area contributed by atoms with E-state index in [9.17, 15) is 9.59 Å². The average molecular weight is 385 g/mol. The first kappa shape index (κ1) is 19.6. The van der Waals surface area contributed by atoms with Gasteiger partial charge in [0.05, 0.1) is 32.2 Å². The normalized spacial score (nSPS) is 18.8. The Balaban J connectivity index is 1.48. The second-order valence-corrected chi connectivity index (χ2v) is 6.53. The van der Waals surface area contributed by atoms with Gasteiger partial charge in [0.25, 0.3) is 5.91 Å². The highest BCUT2D eigenvalue weighted by Crippen LogP contribution is 2.23. The molecule has 0 radical (unpaired) electrons. The maximum atomic E-state index is 12.4. The van der Waals surface area contributed by atoms with Crippen LogP contribution in [-0.4, -0.2) is 48.2 Å². The summed E-state index contributed by atoms with van der Waals surface area (Å²) in [6.45, 7) is 0. The molecule has 8 heteroatoms. The molecule has 1 heterocycles. The zero-order chi connectivity index (χ0) is 19.9. The molecule has 1 fully saturated rings. The van der Waals surface area contributed by atoms with Crippen LogP contribution in [0.1, 0.15) is 46.4 Å². The van der Waals surface area contributed by atoms with Crippen LogP contribution in [0.15, 0.2) is 36.7 Å². The van der Waals surface area contributed by atoms with Crippen LogP contribution in [0.4, 0.5) is 0 Å². The van der Waals surface area contributed by atoms with E-state index in [0.29, 0.717) is 22.9 Å². The number of benzene rings is 1. The molecule has 148 valence electrons. The van der Waals surface area contributed by atoms with Crippen molar-refractivity contribution in [3.63, 3.8) is 0 Å². The second kappa shape index (κ2) is 9.16. The average Bonchev–Trinajstić information content (AvgIpc) is 2.74. The van der Waals surface area contributed by atoms with E-state index < -0.39 is 5.97 Å². The molecule has 0 unspecified atom stereocenters. The Hall–Kier alpha value is -3.16. The second-order valence-electron chi connectivity index (χ2n) is 6.53. The zero-order valence-corrected chi connectivity index (χ0v) is 15.9. The molecule has 8 nitrogen and oxygen atoms in total. The summed E-state index contributed by atoms with van der Waals surface area (Å²) in [5.41, 5.74) is 0.926. The Morgan fingerprint density at radius 3 is 2.25 bits per heavy atom. The van der Waals surface area contributed by atoms with Gasteiger partial charge < -0.3 is 19.5 Å². The third-order valence-corrected chi connectivity index (χ3v) is 4.66. The van der Waals surface area contributed by atoms with Gasteiger partial charge in [-0.25, -0.2) is 4.79 Å². The van der Waals surface area contributed by atoms with Crippen molar-refractivity contribution < 1.29 is 23.8 Å². The standard InChI is InChI=1S/C20H23N3O5/c1-26-17-11-21-12-18(23-17)28-16-9-7-15(8-10-16)22-19(24)13-3-5-14(6-4-13)20(25)27-2/h3-6,11-12,15-16H,7-10H2,1-2H3,(H,22,24). The molecule has 1 amide bonds. The van der Waals surface area contributed by atoms with Crippen LogP contribution < -0.4 is 14.8 Å². The number of carbonyl (C=O) groups excluding carboxylic acids is 2. The smallest absolute Gasteiger partial charge is 0.337 e. The predicted octanol–water partition coefficient (Wildman–Crippen LogP) is 2.39. The van der Waals surface area contributed by atoms with E-state index in [2.05, 4.69) is 20.0 Å². The summed E-state index contributed by atoms with van der Waals surface area (Å²) >= 11 is 0. The van der Waals surface area contributed by atoms with E-state index in [1.54, 1.807) is 30.5 Å². The number of nitrogens with zero attached hydrogens (tertiary/aromatic N) is 2. The number of methoxy groups -OCH3 is 2. The first-order valence-corrected chi connectivity index (χ1v) is 9.11. The van der Waals surface area contributed by atoms with Gasteiger partial charge in [-0.15, -0.1) is 0 Å². The van der Waals surface area contributed by atoms with Crippen LogP contribution in [0.5, 0.6) is 11.8 Å². The molecule has 1 N–H and O–H groups in total. The minimum absolute atomic E-state index is 0.0360. The van der Waals surface area contributed by atoms with Crippen molar-refractivity contribution in [1.29, 1.82) is 0 Å². The van der Waals surface area contributed by atoms with E-state index in [1.165, 1.54) is 20.4 Å². The minimum Gasteiger partial charge on any atom is -0.480 e. The zero-order valence-electron chi connectivity index (χ0n) is 15.9. The van der Waals surface area contributed by atoms with Crippen molar-refractivity contribution in [3.05, 3.63) is 47.8 Å². The van der Waals surface area contributed by atoms with E-state index in [0.717, 1.165) is 25.7 Å². The number of esters is 1. The molecule has 1 aliphatic carbocycles. The predicted molar refractivity (Wildman–Crippen MR) is 101 cm³/mol. The van der Waals surface area contributed by atoms with Gasteiger partial charge >= 0.3 is 5.97 Å². The Kier molecular flexibility index (Phi) is 6.41. The number of carbonyl (C=O) groups is 2. The number of rotatable bonds is 6. The number of hydrogen-bond donors (Lipinski definition) is 1. The molecule has 0 spiro atoms. The van der Waals surface area contributed by atoms with Crippen molar-refractivity contribution in [3.8, 4) is 11.8 Å². The van der Waals surface area contributed by atoms with E-state index >= 15 is 0 Å². The van der Waals surface area contributed by atoms with Gasteiger partial charge in [0.2, 0.25) is 11.8 Å². The quantitative estimate of drug-likeness (QED) is 0.762. The lowest BCUT2D eigenvalue weighted by Crippen LogP contribution is -2.39. The third-order valence-electron chi connectivity index (χ3n) is 4.66. The highest BCUT2D eigenvalue weighted by molar-refractivity contribution is 5.96. The van der Waals surface area contributed by atoms with Crippen molar-refractivity contribution >= 4 is 11.9 Å². The highest BCUT2D eigenvalue weighted by atomic mass is 16.5. The third kappa shape index (κ3) is 4.97. The molecule has 1 aromatic carbocycles. The van der Waals surface area contributed by atoms with E-state index in [1.807, 2.05) is 0 Å². The molecule has 0 saturated heterocycles. The molecule has 1 saturated carbocycles. The minimum atomic E-state index is -0.425. The van der Waals surface area contributed by atoms with Crippen molar-refractivity contribution in [1.82, 2.24) is 15.3 Å². The molecule has 1 aliphatic rings. The van der Waals surface area contributed by atoms with Crippen molar-refractivity contribution in [2.24, 2.45) is 0 Å². The maximum absolute atomic E-state index is 12.4. The van der Waals surface area contributed by atoms with Crippen LogP contribution in [0, 0.1) is 0 Å². The lowest BCUT2D eigenvalue weighted by Gasteiger charge is -2.29. The molecule has 0 aliphatic heterocycles. The summed E-state index contributed by atoms with van der Waals surface area (Å²) < 4.78 is 15.6. The van der Waals surface area contributed by atoms with Crippen LogP contribution in [0.2, 0.25) is 0 Å². The summed E-state index contributed by atoms with van der Waals surface area (Å²) in [4.78, 5) is 32.1. The molecular formula is C20H23N3O5. The fourth-order valence-electron chi connectivity index (χ4n) is 3.13. The highest BCUT2D eigenvalue weighted by Gasteiger charge is 2.24. The summed E-state index contributed by atoms with van der Waals surface area (Å²) in [5, 5.41) is 3.04. The summed E-state index contributed by atoms with van der Waals surface area (Å²) in [5.74, 6) is 0.277. The summed E-state index contributed by atoms with van der Waals surface area (Å²) in [6.07, 6.45) is 6.37. The van der Waals surface area contributed by atoms with Gasteiger partial charge in [0, 0.05) is 11.6 Å². The number of aromatic nitrogens is 2. The Morgan fingerprint density at radius 1 is 0.964 bits per heavy atom. The summed E-state index contributed by atoms with van der Waals surface area (Å²) in [6, 6.07) is 6.50. The molecule has 0 atom stereocenters. The molecule has 0 bridgehead atoms. The SMILES string of the molecule is COC(=O)c1ccc(C(=O)NC2CCC(Oc3cncc(OC)n3)CC2)cc1. The van der Waals surface area contributed by atoms with Crippen LogP contribution in [0.3, 0.4) is 0 Å². The number of amides is 1. The lowest BCUT2D eigenvalue weighted by atomic mass is 9.92. The van der Waals surface area contributed by atoms with Crippen LogP contribution in [0.25, 0.3) is 0 Å². The number of ether oxygens (including phenoxy) is 3. The van der Waals surface area contributed by atoms with Crippen LogP contribution >= 0.6 is 0 Å². The van der Waals surface area contributed by atoms with Crippen molar-refractivity contribution in [2.75, 3.05) is 14.2 Å². The van der Waals surface area contributed by atoms with Gasteiger partial charge in [-0.1, -0.05) is 0 Å². The largest absolute Gasteiger partial charge is 0.480 e. The molecule has 2 aromatic rings. The van der Waals surface area contributed by atoms with E-state index in [-0.39, 0.29) is 18.1 Å². The Labute approximate surface area is 163 Å². The molecule has 1 aromatic heterocycles. The monoisotopic (exact) mass is 385 g/mol. The van der Waals surface area contributed by atoms with Gasteiger partial charge in [0.15, 0.2) is 0 Å². The van der Waals surface area contributed by atoms with E-state index in [4.69, 9.17) is 9.47 Å². The van der Waals surface area contributed by atoms with Gasteiger partial charge in [-0.2, -0.15) is 4.98 Å². The number of nitrogens with one attached hydrogen (secondary N) is 1. The van der Waals surface area contributed by atoms with Crippen LogP contribution in [-0.2, 0) is 4.74 Å². The molecule has 28 heavy (non-hydrogen) atoms. The first-order valence-electron chi connectivity index (χ1n) is 9.11. The van der Waals surface area contributed by atoms with Gasteiger partial charge in [-0.05, 0) is 49.9 Å². The van der Waals surface area contributed by atoms with Gasteiger partial charge in [0.1, 0.15) is 6.10 Å². The molecule has 3 rings (SSSR count). The van der Waals surface area contributed by atoms with Crippen molar-refractivity contribution in [2.45, 2.75) is 37.8 Å². The summed E-state index contributed by atoms with van der Waals surface area (Å²) in [7, 11) is 2.86.